The maximum Gasteiger partial charge on any atom is 0.410 e. The Bertz CT molecular complexity index is 462. The maximum atomic E-state index is 12.3. The number of rotatable bonds is 8. The summed E-state index contributed by atoms with van der Waals surface area (Å²) in [5, 5.41) is 10.00. The second-order valence-electron chi connectivity index (χ2n) is 7.24. The molecule has 144 valence electrons. The Morgan fingerprint density at radius 2 is 1.96 bits per heavy atom. The SMILES string of the molecule is CCC(CC)CN1CC2(CCN(C(=O)C(O)CCSC)CC2)OC1=O. The second kappa shape index (κ2) is 9.12. The number of thioether (sulfide) groups is 1. The average molecular weight is 373 g/mol. The number of amides is 2. The molecule has 2 aliphatic heterocycles. The molecule has 2 aliphatic rings. The van der Waals surface area contributed by atoms with E-state index in [1.54, 1.807) is 16.7 Å². The molecule has 2 fully saturated rings. The van der Waals surface area contributed by atoms with E-state index in [4.69, 9.17) is 4.74 Å². The topological polar surface area (TPSA) is 70.1 Å². The molecule has 0 saturated carbocycles. The molecule has 7 heteroatoms. The number of likely N-dealkylation sites (tertiary alicyclic amines) is 1. The Kier molecular flexibility index (Phi) is 7.43. The standard InChI is InChI=1S/C18H32N2O4S/c1-4-14(5-2)12-20-13-18(24-17(20)23)7-9-19(10-8-18)16(22)15(21)6-11-25-3/h14-15,21H,4-13H2,1-3H3. The normalized spacial score (nSPS) is 21.1. The van der Waals surface area contributed by atoms with Gasteiger partial charge in [-0.1, -0.05) is 26.7 Å². The number of carbonyl (C=O) groups excluding carboxylic acids is 2. The minimum Gasteiger partial charge on any atom is -0.441 e. The highest BCUT2D eigenvalue weighted by Crippen LogP contribution is 2.34. The van der Waals surface area contributed by atoms with Crippen LogP contribution in [0.3, 0.4) is 0 Å². The van der Waals surface area contributed by atoms with E-state index in [0.29, 0.717) is 44.8 Å². The van der Waals surface area contributed by atoms with Crippen molar-refractivity contribution < 1.29 is 19.4 Å². The molecule has 6 nitrogen and oxygen atoms in total. The largest absolute Gasteiger partial charge is 0.441 e. The first-order valence-electron chi connectivity index (χ1n) is 9.38. The van der Waals surface area contributed by atoms with Gasteiger partial charge >= 0.3 is 6.09 Å². The Balaban J connectivity index is 1.86. The highest BCUT2D eigenvalue weighted by atomic mass is 32.2. The highest BCUT2D eigenvalue weighted by Gasteiger charge is 2.47. The third-order valence-electron chi connectivity index (χ3n) is 5.54. The van der Waals surface area contributed by atoms with Crippen molar-refractivity contribution in [2.75, 3.05) is 38.2 Å². The van der Waals surface area contributed by atoms with Gasteiger partial charge in [0.05, 0.1) is 6.54 Å². The van der Waals surface area contributed by atoms with Crippen LogP contribution >= 0.6 is 11.8 Å². The molecule has 2 saturated heterocycles. The van der Waals surface area contributed by atoms with Gasteiger partial charge in [-0.05, 0) is 24.3 Å². The van der Waals surface area contributed by atoms with Crippen LogP contribution in [0.5, 0.6) is 0 Å². The van der Waals surface area contributed by atoms with Gasteiger partial charge in [-0.15, -0.1) is 0 Å². The number of hydrogen-bond donors (Lipinski definition) is 1. The van der Waals surface area contributed by atoms with Crippen LogP contribution in [0.15, 0.2) is 0 Å². The molecule has 2 heterocycles. The van der Waals surface area contributed by atoms with Crippen LogP contribution in [0, 0.1) is 5.92 Å². The van der Waals surface area contributed by atoms with Gasteiger partial charge in [-0.2, -0.15) is 11.8 Å². The Morgan fingerprint density at radius 1 is 1.32 bits per heavy atom. The summed E-state index contributed by atoms with van der Waals surface area (Å²) >= 11 is 1.62. The Hall–Kier alpha value is -0.950. The predicted molar refractivity (Wildman–Crippen MR) is 99.7 cm³/mol. The molecule has 1 N–H and O–H groups in total. The zero-order valence-corrected chi connectivity index (χ0v) is 16.5. The molecule has 0 bridgehead atoms. The van der Waals surface area contributed by atoms with E-state index in [2.05, 4.69) is 13.8 Å². The van der Waals surface area contributed by atoms with E-state index >= 15 is 0 Å². The highest BCUT2D eigenvalue weighted by molar-refractivity contribution is 7.98. The summed E-state index contributed by atoms with van der Waals surface area (Å²) in [7, 11) is 0. The van der Waals surface area contributed by atoms with Crippen LogP contribution in [0.4, 0.5) is 4.79 Å². The minimum absolute atomic E-state index is 0.192. The summed E-state index contributed by atoms with van der Waals surface area (Å²) in [6.45, 7) is 6.77. The number of aliphatic hydroxyl groups is 1. The zero-order chi connectivity index (χ0) is 18.4. The summed E-state index contributed by atoms with van der Waals surface area (Å²) in [5.41, 5.74) is -0.454. The van der Waals surface area contributed by atoms with E-state index in [0.717, 1.165) is 25.1 Å². The van der Waals surface area contributed by atoms with E-state index in [-0.39, 0.29) is 12.0 Å². The number of carbonyl (C=O) groups is 2. The Labute approximate surface area is 155 Å². The van der Waals surface area contributed by atoms with E-state index in [1.807, 2.05) is 11.2 Å². The molecule has 1 unspecified atom stereocenters. The summed E-state index contributed by atoms with van der Waals surface area (Å²) in [6, 6.07) is 0. The van der Waals surface area contributed by atoms with E-state index in [9.17, 15) is 14.7 Å². The first-order chi connectivity index (χ1) is 11.9. The number of nitrogens with zero attached hydrogens (tertiary/aromatic N) is 2. The molecule has 25 heavy (non-hydrogen) atoms. The third kappa shape index (κ3) is 5.03. The smallest absolute Gasteiger partial charge is 0.410 e. The number of ether oxygens (including phenoxy) is 1. The van der Waals surface area contributed by atoms with Crippen molar-refractivity contribution in [3.05, 3.63) is 0 Å². The molecular formula is C18H32N2O4S. The van der Waals surface area contributed by atoms with E-state index in [1.165, 1.54) is 0 Å². The maximum absolute atomic E-state index is 12.3. The lowest BCUT2D eigenvalue weighted by Gasteiger charge is -2.38. The average Bonchev–Trinajstić information content (AvgIpc) is 2.92. The quantitative estimate of drug-likeness (QED) is 0.708. The number of hydrogen-bond acceptors (Lipinski definition) is 5. The molecular weight excluding hydrogens is 340 g/mol. The van der Waals surface area contributed by atoms with Gasteiger partial charge in [-0.3, -0.25) is 4.79 Å². The van der Waals surface area contributed by atoms with Gasteiger partial charge in [0.1, 0.15) is 11.7 Å². The number of piperidine rings is 1. The molecule has 0 aromatic rings. The van der Waals surface area contributed by atoms with Crippen molar-refractivity contribution in [2.45, 2.75) is 57.7 Å². The summed E-state index contributed by atoms with van der Waals surface area (Å²) in [6.07, 6.45) is 4.74. The van der Waals surface area contributed by atoms with Crippen LogP contribution in [0.1, 0.15) is 46.0 Å². The van der Waals surface area contributed by atoms with Crippen molar-refractivity contribution in [1.82, 2.24) is 9.80 Å². The monoisotopic (exact) mass is 372 g/mol. The van der Waals surface area contributed by atoms with Crippen LogP contribution in [-0.2, 0) is 9.53 Å². The zero-order valence-electron chi connectivity index (χ0n) is 15.7. The molecule has 2 rings (SSSR count). The minimum atomic E-state index is -0.918. The summed E-state index contributed by atoms with van der Waals surface area (Å²) in [4.78, 5) is 28.1. The van der Waals surface area contributed by atoms with Crippen LogP contribution in [0.2, 0.25) is 0 Å². The van der Waals surface area contributed by atoms with Gasteiger partial charge in [-0.25, -0.2) is 4.79 Å². The molecule has 0 aliphatic carbocycles. The lowest BCUT2D eigenvalue weighted by Crippen LogP contribution is -2.51. The van der Waals surface area contributed by atoms with Gasteiger partial charge in [0, 0.05) is 32.5 Å². The lowest BCUT2D eigenvalue weighted by atomic mass is 9.90. The summed E-state index contributed by atoms with van der Waals surface area (Å²) in [5.74, 6) is 1.09. The van der Waals surface area contributed by atoms with E-state index < -0.39 is 11.7 Å². The molecule has 1 atom stereocenters. The van der Waals surface area contributed by atoms with Gasteiger partial charge in [0.15, 0.2) is 0 Å². The lowest BCUT2D eigenvalue weighted by molar-refractivity contribution is -0.143. The first kappa shape index (κ1) is 20.4. The molecule has 1 spiro atoms. The van der Waals surface area contributed by atoms with Gasteiger partial charge < -0.3 is 19.6 Å². The molecule has 2 amide bonds. The third-order valence-corrected chi connectivity index (χ3v) is 6.19. The second-order valence-corrected chi connectivity index (χ2v) is 8.22. The molecule has 0 aromatic carbocycles. The Morgan fingerprint density at radius 3 is 2.52 bits per heavy atom. The van der Waals surface area contributed by atoms with Crippen molar-refractivity contribution in [3.8, 4) is 0 Å². The van der Waals surface area contributed by atoms with Crippen molar-refractivity contribution >= 4 is 23.8 Å². The van der Waals surface area contributed by atoms with Crippen LogP contribution in [-0.4, -0.2) is 76.8 Å². The van der Waals surface area contributed by atoms with Crippen LogP contribution < -0.4 is 0 Å². The van der Waals surface area contributed by atoms with Gasteiger partial charge in [0.25, 0.3) is 5.91 Å². The number of aliphatic hydroxyl groups excluding tert-OH is 1. The van der Waals surface area contributed by atoms with Crippen molar-refractivity contribution in [3.63, 3.8) is 0 Å². The first-order valence-corrected chi connectivity index (χ1v) is 10.8. The fourth-order valence-electron chi connectivity index (χ4n) is 3.65. The molecule has 0 aromatic heterocycles. The molecule has 0 radical (unpaired) electrons. The fourth-order valence-corrected chi connectivity index (χ4v) is 4.11. The van der Waals surface area contributed by atoms with Crippen molar-refractivity contribution in [2.24, 2.45) is 5.92 Å². The van der Waals surface area contributed by atoms with Crippen molar-refractivity contribution in [1.29, 1.82) is 0 Å². The van der Waals surface area contributed by atoms with Crippen LogP contribution in [0.25, 0.3) is 0 Å². The van der Waals surface area contributed by atoms with Gasteiger partial charge in [0.2, 0.25) is 0 Å². The fraction of sp³-hybridized carbons (Fsp3) is 0.889. The summed E-state index contributed by atoms with van der Waals surface area (Å²) < 4.78 is 5.73. The predicted octanol–water partition coefficient (Wildman–Crippen LogP) is 2.35.